The minimum Gasteiger partial charge on any atom is -0.487 e. The van der Waals surface area contributed by atoms with E-state index in [4.69, 9.17) is 4.74 Å². The third-order valence-corrected chi connectivity index (χ3v) is 6.72. The zero-order chi connectivity index (χ0) is 18.7. The van der Waals surface area contributed by atoms with Crippen molar-refractivity contribution >= 4 is 20.9 Å². The van der Waals surface area contributed by atoms with Gasteiger partial charge in [0.15, 0.2) is 0 Å². The van der Waals surface area contributed by atoms with Crippen LogP contribution in [0.5, 0.6) is 5.75 Å². The van der Waals surface area contributed by atoms with Crippen LogP contribution >= 0.6 is 0 Å². The molecule has 0 bridgehead atoms. The number of nitrogens with zero attached hydrogens (tertiary/aromatic N) is 2. The molecule has 1 aliphatic rings. The van der Waals surface area contributed by atoms with Crippen LogP contribution in [0.2, 0.25) is 0 Å². The Morgan fingerprint density at radius 1 is 1.04 bits per heavy atom. The van der Waals surface area contributed by atoms with Crippen molar-refractivity contribution < 1.29 is 13.2 Å². The molecule has 3 aromatic rings. The molecule has 1 atom stereocenters. The van der Waals surface area contributed by atoms with E-state index >= 15 is 0 Å². The van der Waals surface area contributed by atoms with Gasteiger partial charge in [-0.25, -0.2) is 8.42 Å². The summed E-state index contributed by atoms with van der Waals surface area (Å²) in [5, 5.41) is 1.01. The molecule has 4 rings (SSSR count). The maximum absolute atomic E-state index is 12.7. The molecule has 6 heteroatoms. The summed E-state index contributed by atoms with van der Waals surface area (Å²) < 4.78 is 33.0. The molecule has 1 unspecified atom stereocenters. The molecule has 2 aromatic carbocycles. The van der Waals surface area contributed by atoms with Crippen LogP contribution in [0.1, 0.15) is 12.0 Å². The van der Waals surface area contributed by atoms with Crippen LogP contribution in [0.25, 0.3) is 10.9 Å². The van der Waals surface area contributed by atoms with E-state index in [0.717, 1.165) is 16.5 Å². The molecular formula is C21H22N2O3S. The quantitative estimate of drug-likeness (QED) is 0.657. The Balaban J connectivity index is 1.40. The maximum Gasteiger partial charge on any atom is 0.214 e. The number of hydrogen-bond donors (Lipinski definition) is 0. The largest absolute Gasteiger partial charge is 0.487 e. The molecule has 0 saturated carbocycles. The van der Waals surface area contributed by atoms with Crippen molar-refractivity contribution in [2.45, 2.75) is 18.9 Å². The zero-order valence-corrected chi connectivity index (χ0v) is 15.8. The van der Waals surface area contributed by atoms with E-state index in [0.29, 0.717) is 31.7 Å². The lowest BCUT2D eigenvalue weighted by Crippen LogP contribution is -2.33. The van der Waals surface area contributed by atoms with Crippen molar-refractivity contribution in [1.82, 2.24) is 9.29 Å². The van der Waals surface area contributed by atoms with Crippen LogP contribution in [0.3, 0.4) is 0 Å². The number of hydrogen-bond acceptors (Lipinski definition) is 4. The van der Waals surface area contributed by atoms with Crippen LogP contribution in [0.15, 0.2) is 66.9 Å². The molecule has 27 heavy (non-hydrogen) atoms. The average Bonchev–Trinajstić information content (AvgIpc) is 3.17. The van der Waals surface area contributed by atoms with Crippen LogP contribution in [-0.4, -0.2) is 42.7 Å². The molecule has 0 radical (unpaired) electrons. The van der Waals surface area contributed by atoms with Gasteiger partial charge in [0.05, 0.1) is 12.3 Å². The minimum atomic E-state index is -3.29. The first kappa shape index (κ1) is 17.9. The van der Waals surface area contributed by atoms with E-state index in [-0.39, 0.29) is 11.9 Å². The van der Waals surface area contributed by atoms with Gasteiger partial charge in [-0.3, -0.25) is 4.98 Å². The highest BCUT2D eigenvalue weighted by Crippen LogP contribution is 2.27. The van der Waals surface area contributed by atoms with Gasteiger partial charge < -0.3 is 4.74 Å². The molecule has 1 saturated heterocycles. The number of aromatic nitrogens is 1. The predicted octanol–water partition coefficient (Wildman–Crippen LogP) is 3.26. The van der Waals surface area contributed by atoms with Crippen LogP contribution < -0.4 is 4.74 Å². The van der Waals surface area contributed by atoms with E-state index in [1.165, 1.54) is 0 Å². The number of para-hydroxylation sites is 1. The van der Waals surface area contributed by atoms with Crippen molar-refractivity contribution in [3.05, 3.63) is 72.4 Å². The molecule has 0 aliphatic carbocycles. The fourth-order valence-corrected chi connectivity index (χ4v) is 4.95. The summed E-state index contributed by atoms with van der Waals surface area (Å²) in [5.74, 6) is 0.834. The molecule has 1 aliphatic heterocycles. The number of ether oxygens (including phenoxy) is 1. The molecule has 0 amide bonds. The smallest absolute Gasteiger partial charge is 0.214 e. The van der Waals surface area contributed by atoms with Crippen LogP contribution in [-0.2, 0) is 16.4 Å². The topological polar surface area (TPSA) is 59.5 Å². The number of rotatable bonds is 6. The van der Waals surface area contributed by atoms with Crippen molar-refractivity contribution in [1.29, 1.82) is 0 Å². The molecule has 1 fully saturated rings. The lowest BCUT2D eigenvalue weighted by atomic mass is 10.2. The van der Waals surface area contributed by atoms with Crippen LogP contribution in [0, 0.1) is 0 Å². The number of sulfonamides is 1. The fourth-order valence-electron chi connectivity index (χ4n) is 3.42. The highest BCUT2D eigenvalue weighted by atomic mass is 32.2. The monoisotopic (exact) mass is 382 g/mol. The van der Waals surface area contributed by atoms with E-state index in [9.17, 15) is 8.42 Å². The molecule has 0 N–H and O–H groups in total. The first-order valence-corrected chi connectivity index (χ1v) is 10.7. The van der Waals surface area contributed by atoms with E-state index in [1.807, 2.05) is 60.7 Å². The molecule has 0 spiro atoms. The Kier molecular flexibility index (Phi) is 5.09. The summed E-state index contributed by atoms with van der Waals surface area (Å²) >= 11 is 0. The summed E-state index contributed by atoms with van der Waals surface area (Å²) in [5.41, 5.74) is 1.85. The van der Waals surface area contributed by atoms with Gasteiger partial charge in [0.25, 0.3) is 0 Å². The first-order valence-electron chi connectivity index (χ1n) is 9.14. The third-order valence-electron chi connectivity index (χ3n) is 4.88. The number of fused-ring (bicyclic) bond motifs is 1. The number of aryl methyl sites for hydroxylation is 1. The predicted molar refractivity (Wildman–Crippen MR) is 106 cm³/mol. The SMILES string of the molecule is O=S(=O)(CCc1ccccc1)N1CCC(Oc2cccc3cccnc23)C1. The summed E-state index contributed by atoms with van der Waals surface area (Å²) in [4.78, 5) is 4.40. The van der Waals surface area contributed by atoms with Gasteiger partial charge in [0, 0.05) is 18.1 Å². The second kappa shape index (κ2) is 7.66. The van der Waals surface area contributed by atoms with Gasteiger partial charge in [0.2, 0.25) is 10.0 Å². The van der Waals surface area contributed by atoms with Crippen molar-refractivity contribution in [3.63, 3.8) is 0 Å². The maximum atomic E-state index is 12.7. The molecule has 2 heterocycles. The summed E-state index contributed by atoms with van der Waals surface area (Å²) in [7, 11) is -3.29. The highest BCUT2D eigenvalue weighted by molar-refractivity contribution is 7.89. The molecule has 140 valence electrons. The van der Waals surface area contributed by atoms with Gasteiger partial charge >= 0.3 is 0 Å². The highest BCUT2D eigenvalue weighted by Gasteiger charge is 2.32. The van der Waals surface area contributed by atoms with Crippen molar-refractivity contribution in [2.24, 2.45) is 0 Å². The fraction of sp³-hybridized carbons (Fsp3) is 0.286. The molecule has 5 nitrogen and oxygen atoms in total. The standard InChI is InChI=1S/C21H22N2O3S/c24-27(25,15-12-17-6-2-1-3-7-17)23-14-11-19(16-23)26-20-10-4-8-18-9-5-13-22-21(18)20/h1-10,13,19H,11-12,14-16H2. The normalized spacial score (nSPS) is 18.0. The number of benzene rings is 2. The van der Waals surface area contributed by atoms with Crippen LogP contribution in [0.4, 0.5) is 0 Å². The van der Waals surface area contributed by atoms with E-state index in [2.05, 4.69) is 4.98 Å². The Labute approximate surface area is 159 Å². The Hall–Kier alpha value is -2.44. The summed E-state index contributed by atoms with van der Waals surface area (Å²) in [6.07, 6.45) is 2.81. The third kappa shape index (κ3) is 4.12. The lowest BCUT2D eigenvalue weighted by molar-refractivity contribution is 0.218. The lowest BCUT2D eigenvalue weighted by Gasteiger charge is -2.18. The van der Waals surface area contributed by atoms with Crippen molar-refractivity contribution in [2.75, 3.05) is 18.8 Å². The zero-order valence-electron chi connectivity index (χ0n) is 15.0. The van der Waals surface area contributed by atoms with Crippen molar-refractivity contribution in [3.8, 4) is 5.75 Å². The second-order valence-electron chi connectivity index (χ2n) is 6.77. The van der Waals surface area contributed by atoms with Gasteiger partial charge in [-0.15, -0.1) is 0 Å². The van der Waals surface area contributed by atoms with Gasteiger partial charge in [-0.2, -0.15) is 4.31 Å². The molecule has 1 aromatic heterocycles. The number of pyridine rings is 1. The second-order valence-corrected chi connectivity index (χ2v) is 8.86. The molecular weight excluding hydrogens is 360 g/mol. The summed E-state index contributed by atoms with van der Waals surface area (Å²) in [6.45, 7) is 0.889. The average molecular weight is 382 g/mol. The van der Waals surface area contributed by atoms with Gasteiger partial charge in [0.1, 0.15) is 17.4 Å². The summed E-state index contributed by atoms with van der Waals surface area (Å²) in [6, 6.07) is 19.4. The Morgan fingerprint density at radius 2 is 1.85 bits per heavy atom. The first-order chi connectivity index (χ1) is 13.1. The van der Waals surface area contributed by atoms with Gasteiger partial charge in [-0.1, -0.05) is 48.5 Å². The Bertz CT molecular complexity index is 1020. The Morgan fingerprint density at radius 3 is 2.70 bits per heavy atom. The van der Waals surface area contributed by atoms with E-state index < -0.39 is 10.0 Å². The van der Waals surface area contributed by atoms with Gasteiger partial charge in [-0.05, 0) is 30.5 Å². The minimum absolute atomic E-state index is 0.125. The van der Waals surface area contributed by atoms with E-state index in [1.54, 1.807) is 10.5 Å².